The average molecular weight is 535 g/mol. The van der Waals surface area contributed by atoms with E-state index in [0.29, 0.717) is 0 Å². The molecule has 6 rings (SSSR count). The molecule has 0 bridgehead atoms. The Kier molecular flexibility index (Phi) is 6.77. The van der Waals surface area contributed by atoms with Gasteiger partial charge in [0.1, 0.15) is 0 Å². The van der Waals surface area contributed by atoms with Crippen LogP contribution in [0.3, 0.4) is 0 Å². The van der Waals surface area contributed by atoms with Gasteiger partial charge in [-0.05, 0) is 101 Å². The fourth-order valence-electron chi connectivity index (χ4n) is 6.87. The first-order chi connectivity index (χ1) is 19.6. The van der Waals surface area contributed by atoms with E-state index >= 15 is 0 Å². The molecular formula is C41H42. The van der Waals surface area contributed by atoms with E-state index in [2.05, 4.69) is 152 Å². The molecule has 0 N–H and O–H groups in total. The van der Waals surface area contributed by atoms with Gasteiger partial charge in [-0.3, -0.25) is 0 Å². The summed E-state index contributed by atoms with van der Waals surface area (Å²) in [6.07, 6.45) is 11.4. The highest BCUT2D eigenvalue weighted by molar-refractivity contribution is 5.86. The maximum Gasteiger partial charge on any atom is -0.00171 e. The van der Waals surface area contributed by atoms with Crippen LogP contribution >= 0.6 is 0 Å². The van der Waals surface area contributed by atoms with E-state index in [1.165, 1.54) is 71.0 Å². The highest BCUT2D eigenvalue weighted by Crippen LogP contribution is 2.39. The minimum Gasteiger partial charge on any atom is -0.0801 e. The van der Waals surface area contributed by atoms with Gasteiger partial charge in [0.25, 0.3) is 0 Å². The van der Waals surface area contributed by atoms with E-state index in [4.69, 9.17) is 0 Å². The molecule has 4 aromatic carbocycles. The first kappa shape index (κ1) is 27.3. The maximum absolute atomic E-state index is 2.50. The molecule has 0 aliphatic heterocycles. The zero-order chi connectivity index (χ0) is 28.9. The van der Waals surface area contributed by atoms with Crippen LogP contribution in [0, 0.1) is 10.4 Å². The van der Waals surface area contributed by atoms with Crippen molar-refractivity contribution < 1.29 is 0 Å². The molecule has 0 heteroatoms. The molecule has 0 saturated carbocycles. The summed E-state index contributed by atoms with van der Waals surface area (Å²) in [6, 6.07) is 29.3. The number of hydrogen-bond acceptors (Lipinski definition) is 0. The Morgan fingerprint density at radius 2 is 1.39 bits per heavy atom. The van der Waals surface area contributed by atoms with Gasteiger partial charge in [-0.15, -0.1) is 0 Å². The molecule has 0 atom stereocenters. The summed E-state index contributed by atoms with van der Waals surface area (Å²) in [6.45, 7) is 16.5. The number of rotatable bonds is 4. The van der Waals surface area contributed by atoms with Gasteiger partial charge in [0, 0.05) is 0 Å². The van der Waals surface area contributed by atoms with Crippen molar-refractivity contribution in [3.63, 3.8) is 0 Å². The van der Waals surface area contributed by atoms with Crippen molar-refractivity contribution >= 4 is 17.2 Å². The highest BCUT2D eigenvalue weighted by atomic mass is 14.3. The molecule has 0 fully saturated rings. The van der Waals surface area contributed by atoms with Crippen LogP contribution in [0.2, 0.25) is 0 Å². The summed E-state index contributed by atoms with van der Waals surface area (Å²) < 4.78 is 0. The fraction of sp³-hybridized carbons (Fsp3) is 0.268. The second kappa shape index (κ2) is 10.2. The Hall–Kier alpha value is -3.90. The Bertz CT molecular complexity index is 1880. The van der Waals surface area contributed by atoms with E-state index < -0.39 is 0 Å². The lowest BCUT2D eigenvalue weighted by molar-refractivity contribution is 0.580. The van der Waals surface area contributed by atoms with Gasteiger partial charge >= 0.3 is 0 Å². The molecule has 2 aliphatic carbocycles. The van der Waals surface area contributed by atoms with Crippen LogP contribution in [0.25, 0.3) is 17.2 Å². The normalized spacial score (nSPS) is 14.0. The first-order valence-corrected chi connectivity index (χ1v) is 15.2. The van der Waals surface area contributed by atoms with Crippen LogP contribution in [0.1, 0.15) is 93.8 Å². The number of hydrogen-bond donors (Lipinski definition) is 0. The van der Waals surface area contributed by atoms with Crippen LogP contribution in [0.15, 0.2) is 97.1 Å². The third-order valence-corrected chi connectivity index (χ3v) is 8.70. The van der Waals surface area contributed by atoms with Crippen LogP contribution < -0.4 is 10.4 Å². The number of fused-ring (bicyclic) bond motifs is 2. The van der Waals surface area contributed by atoms with Gasteiger partial charge in [0.15, 0.2) is 0 Å². The zero-order valence-corrected chi connectivity index (χ0v) is 25.7. The molecule has 0 radical (unpaired) electrons. The van der Waals surface area contributed by atoms with E-state index in [9.17, 15) is 0 Å². The summed E-state index contributed by atoms with van der Waals surface area (Å²) >= 11 is 0. The van der Waals surface area contributed by atoms with Crippen molar-refractivity contribution in [1.29, 1.82) is 0 Å². The van der Waals surface area contributed by atoms with Gasteiger partial charge in [0.2, 0.25) is 0 Å². The van der Waals surface area contributed by atoms with E-state index in [1.807, 2.05) is 0 Å². The Morgan fingerprint density at radius 1 is 0.756 bits per heavy atom. The molecule has 41 heavy (non-hydrogen) atoms. The predicted octanol–water partition coefficient (Wildman–Crippen LogP) is 8.86. The predicted molar refractivity (Wildman–Crippen MR) is 176 cm³/mol. The third-order valence-electron chi connectivity index (χ3n) is 8.70. The summed E-state index contributed by atoms with van der Waals surface area (Å²) in [5.41, 5.74) is 12.6. The zero-order valence-electron chi connectivity index (χ0n) is 25.7. The average Bonchev–Trinajstić information content (AvgIpc) is 3.61. The van der Waals surface area contributed by atoms with Crippen molar-refractivity contribution in [2.24, 2.45) is 0 Å². The summed E-state index contributed by atoms with van der Waals surface area (Å²) in [7, 11) is 0. The molecule has 206 valence electrons. The molecule has 0 nitrogen and oxygen atoms in total. The van der Waals surface area contributed by atoms with E-state index in [-0.39, 0.29) is 10.8 Å². The Morgan fingerprint density at radius 3 is 1.90 bits per heavy atom. The van der Waals surface area contributed by atoms with Crippen LogP contribution in [0.4, 0.5) is 0 Å². The molecule has 0 heterocycles. The summed E-state index contributed by atoms with van der Waals surface area (Å²) in [5.74, 6) is 0. The molecule has 0 unspecified atom stereocenters. The smallest absolute Gasteiger partial charge is 0.00171 e. The molecule has 0 spiro atoms. The third kappa shape index (κ3) is 4.74. The lowest BCUT2D eigenvalue weighted by Gasteiger charge is -2.30. The van der Waals surface area contributed by atoms with E-state index in [0.717, 1.165) is 12.8 Å². The number of benzene rings is 4. The molecule has 0 aromatic heterocycles. The van der Waals surface area contributed by atoms with Gasteiger partial charge in [-0.2, -0.15) is 0 Å². The second-order valence-corrected chi connectivity index (χ2v) is 13.6. The van der Waals surface area contributed by atoms with Crippen molar-refractivity contribution in [2.45, 2.75) is 72.1 Å². The van der Waals surface area contributed by atoms with Crippen molar-refractivity contribution in [3.05, 3.63) is 157 Å². The van der Waals surface area contributed by atoms with Crippen LogP contribution in [-0.2, 0) is 17.3 Å². The second-order valence-electron chi connectivity index (χ2n) is 13.6. The minimum atomic E-state index is -0.0223. The fourth-order valence-corrected chi connectivity index (χ4v) is 6.87. The SMILES string of the molecule is CCc1c(C(C)(C)C)c(C2=CC=CC2)c2c(c1=C(c1ccccc1)c1ccccc1)=c1ccc(C(C)(C)C)cc1=C2. The largest absolute Gasteiger partial charge is 0.0801 e. The lowest BCUT2D eigenvalue weighted by atomic mass is 9.74. The maximum atomic E-state index is 2.50. The monoisotopic (exact) mass is 534 g/mol. The van der Waals surface area contributed by atoms with Gasteiger partial charge in [0.05, 0.1) is 0 Å². The van der Waals surface area contributed by atoms with Crippen LogP contribution in [0.5, 0.6) is 0 Å². The molecule has 4 aromatic rings. The lowest BCUT2D eigenvalue weighted by Crippen LogP contribution is -2.28. The van der Waals surface area contributed by atoms with E-state index in [1.54, 1.807) is 0 Å². The van der Waals surface area contributed by atoms with Crippen molar-refractivity contribution in [2.75, 3.05) is 0 Å². The summed E-state index contributed by atoms with van der Waals surface area (Å²) in [5, 5.41) is 5.50. The van der Waals surface area contributed by atoms with Gasteiger partial charge in [-0.25, -0.2) is 0 Å². The van der Waals surface area contributed by atoms with Crippen molar-refractivity contribution in [3.8, 4) is 0 Å². The molecule has 2 aliphatic rings. The van der Waals surface area contributed by atoms with Crippen molar-refractivity contribution in [1.82, 2.24) is 0 Å². The minimum absolute atomic E-state index is 0.0223. The Labute approximate surface area is 245 Å². The topological polar surface area (TPSA) is 0 Å². The summed E-state index contributed by atoms with van der Waals surface area (Å²) in [4.78, 5) is 0. The quantitative estimate of drug-likeness (QED) is 0.216. The highest BCUT2D eigenvalue weighted by Gasteiger charge is 2.29. The number of allylic oxidation sites excluding steroid dienone is 4. The van der Waals surface area contributed by atoms with Gasteiger partial charge in [-0.1, -0.05) is 146 Å². The van der Waals surface area contributed by atoms with Crippen LogP contribution in [-0.4, -0.2) is 0 Å². The standard InChI is InChI=1S/C41H42/c1-8-32-38(35(27-17-11-9-12-18-27)28-19-13-10-14-20-28)37-33-24-23-31(40(2,3)4)25-30(33)26-34(37)36(29-21-15-16-22-29)39(32)41(5,6)7/h9-21,23-26H,8,22H2,1-7H3. The first-order valence-electron chi connectivity index (χ1n) is 15.2. The molecular weight excluding hydrogens is 492 g/mol. The Balaban J connectivity index is 1.97. The van der Waals surface area contributed by atoms with Gasteiger partial charge < -0.3 is 0 Å². The molecule has 0 amide bonds. The molecule has 0 saturated heterocycles.